The van der Waals surface area contributed by atoms with Gasteiger partial charge < -0.3 is 19.5 Å². The second-order valence-electron chi connectivity index (χ2n) is 6.79. The predicted molar refractivity (Wildman–Crippen MR) is 116 cm³/mol. The highest BCUT2D eigenvalue weighted by molar-refractivity contribution is 7.99. The molecule has 2 heterocycles. The molecule has 0 saturated carbocycles. The van der Waals surface area contributed by atoms with Crippen molar-refractivity contribution in [3.8, 4) is 17.2 Å². The van der Waals surface area contributed by atoms with Crippen LogP contribution < -0.4 is 19.5 Å². The molecular formula is C22H21FN4O4S. The van der Waals surface area contributed by atoms with Crippen LogP contribution in [0.15, 0.2) is 60.3 Å². The Kier molecular flexibility index (Phi) is 6.90. The van der Waals surface area contributed by atoms with Gasteiger partial charge in [0.05, 0.1) is 5.75 Å². The third-order valence-corrected chi connectivity index (χ3v) is 5.51. The molecule has 1 amide bonds. The number of nitrogens with one attached hydrogen (secondary N) is 1. The van der Waals surface area contributed by atoms with Crippen molar-refractivity contribution in [2.45, 2.75) is 24.9 Å². The van der Waals surface area contributed by atoms with Crippen molar-refractivity contribution in [1.29, 1.82) is 0 Å². The van der Waals surface area contributed by atoms with Crippen molar-refractivity contribution in [3.63, 3.8) is 0 Å². The Labute approximate surface area is 188 Å². The van der Waals surface area contributed by atoms with E-state index in [1.807, 2.05) is 22.8 Å². The van der Waals surface area contributed by atoms with Gasteiger partial charge in [-0.3, -0.25) is 9.36 Å². The number of benzene rings is 2. The molecule has 0 spiro atoms. The standard InChI is InChI=1S/C22H21FN4O4S/c1-2-9-27-20(12-29-17-6-4-16(23)5-7-17)25-26-22(27)32-13-21(28)24-11-15-3-8-18-19(10-15)31-14-30-18/h2-8,10H,1,9,11-14H2,(H,24,28). The summed E-state index contributed by atoms with van der Waals surface area (Å²) < 4.78 is 31.2. The molecule has 0 radical (unpaired) electrons. The molecule has 166 valence electrons. The molecule has 0 atom stereocenters. The fourth-order valence-corrected chi connectivity index (χ4v) is 3.75. The number of halogens is 1. The molecule has 8 nitrogen and oxygen atoms in total. The van der Waals surface area contributed by atoms with Crippen molar-refractivity contribution in [2.75, 3.05) is 12.5 Å². The number of carbonyl (C=O) groups excluding carboxylic acids is 1. The maximum Gasteiger partial charge on any atom is 0.231 e. The number of carbonyl (C=O) groups is 1. The summed E-state index contributed by atoms with van der Waals surface area (Å²) >= 11 is 1.27. The summed E-state index contributed by atoms with van der Waals surface area (Å²) in [6.45, 7) is 4.98. The zero-order chi connectivity index (χ0) is 22.3. The molecule has 4 rings (SSSR count). The number of nitrogens with zero attached hydrogens (tertiary/aromatic N) is 3. The number of amides is 1. The van der Waals surface area contributed by atoms with E-state index in [2.05, 4.69) is 22.1 Å². The van der Waals surface area contributed by atoms with E-state index in [1.165, 1.54) is 23.9 Å². The molecule has 32 heavy (non-hydrogen) atoms. The summed E-state index contributed by atoms with van der Waals surface area (Å²) in [6.07, 6.45) is 1.72. The average molecular weight is 456 g/mol. The second-order valence-corrected chi connectivity index (χ2v) is 7.74. The largest absolute Gasteiger partial charge is 0.486 e. The first kappa shape index (κ1) is 21.7. The minimum absolute atomic E-state index is 0.134. The normalized spacial score (nSPS) is 11.9. The molecule has 2 aromatic carbocycles. The number of thioether (sulfide) groups is 1. The van der Waals surface area contributed by atoms with Crippen LogP contribution >= 0.6 is 11.8 Å². The average Bonchev–Trinajstić information content (AvgIpc) is 3.42. The van der Waals surface area contributed by atoms with Crippen molar-refractivity contribution in [3.05, 3.63) is 72.3 Å². The van der Waals surface area contributed by atoms with Crippen molar-refractivity contribution in [1.82, 2.24) is 20.1 Å². The first-order chi connectivity index (χ1) is 15.6. The topological polar surface area (TPSA) is 87.5 Å². The lowest BCUT2D eigenvalue weighted by molar-refractivity contribution is -0.118. The van der Waals surface area contributed by atoms with Gasteiger partial charge in [0.15, 0.2) is 22.5 Å². The molecular weight excluding hydrogens is 435 g/mol. The number of rotatable bonds is 10. The summed E-state index contributed by atoms with van der Waals surface area (Å²) in [5.74, 6) is 2.20. The van der Waals surface area contributed by atoms with E-state index in [0.29, 0.717) is 41.3 Å². The van der Waals surface area contributed by atoms with Crippen LogP contribution in [0.2, 0.25) is 0 Å². The van der Waals surface area contributed by atoms with E-state index < -0.39 is 0 Å². The van der Waals surface area contributed by atoms with E-state index in [-0.39, 0.29) is 30.9 Å². The van der Waals surface area contributed by atoms with Gasteiger partial charge >= 0.3 is 0 Å². The van der Waals surface area contributed by atoms with Gasteiger partial charge in [0.2, 0.25) is 12.7 Å². The molecule has 3 aromatic rings. The van der Waals surface area contributed by atoms with Gasteiger partial charge in [-0.2, -0.15) is 0 Å². The third kappa shape index (κ3) is 5.38. The SMILES string of the molecule is C=CCn1c(COc2ccc(F)cc2)nnc1SCC(=O)NCc1ccc2c(c1)OCO2. The molecule has 1 aromatic heterocycles. The third-order valence-electron chi connectivity index (χ3n) is 4.55. The Morgan fingerprint density at radius 3 is 2.84 bits per heavy atom. The van der Waals surface area contributed by atoms with Gasteiger partial charge in [0.1, 0.15) is 18.2 Å². The zero-order valence-corrected chi connectivity index (χ0v) is 17.9. The van der Waals surface area contributed by atoms with Gasteiger partial charge in [-0.1, -0.05) is 23.9 Å². The Morgan fingerprint density at radius 2 is 2.03 bits per heavy atom. The van der Waals surface area contributed by atoms with Crippen LogP contribution in [-0.4, -0.2) is 33.2 Å². The Morgan fingerprint density at radius 1 is 1.22 bits per heavy atom. The summed E-state index contributed by atoms with van der Waals surface area (Å²) in [6, 6.07) is 11.3. The molecule has 10 heteroatoms. The van der Waals surface area contributed by atoms with Gasteiger partial charge in [-0.25, -0.2) is 4.39 Å². The maximum atomic E-state index is 13.0. The molecule has 0 saturated heterocycles. The number of fused-ring (bicyclic) bond motifs is 1. The van der Waals surface area contributed by atoms with Crippen molar-refractivity contribution >= 4 is 17.7 Å². The molecule has 0 aliphatic carbocycles. The number of aromatic nitrogens is 3. The maximum absolute atomic E-state index is 13.0. The van der Waals surface area contributed by atoms with Crippen molar-refractivity contribution < 1.29 is 23.4 Å². The summed E-state index contributed by atoms with van der Waals surface area (Å²) in [5.41, 5.74) is 0.919. The van der Waals surface area contributed by atoms with E-state index in [0.717, 1.165) is 5.56 Å². The van der Waals surface area contributed by atoms with Crippen LogP contribution in [0, 0.1) is 5.82 Å². The fourth-order valence-electron chi connectivity index (χ4n) is 2.96. The molecule has 0 bridgehead atoms. The van der Waals surface area contributed by atoms with E-state index >= 15 is 0 Å². The highest BCUT2D eigenvalue weighted by Crippen LogP contribution is 2.32. The Bertz CT molecular complexity index is 1100. The first-order valence-corrected chi connectivity index (χ1v) is 10.8. The smallest absolute Gasteiger partial charge is 0.231 e. The van der Waals surface area contributed by atoms with Gasteiger partial charge in [0.25, 0.3) is 0 Å². The van der Waals surface area contributed by atoms with Crippen LogP contribution in [0.3, 0.4) is 0 Å². The van der Waals surface area contributed by atoms with Gasteiger partial charge in [-0.15, -0.1) is 16.8 Å². The summed E-state index contributed by atoms with van der Waals surface area (Å²) in [4.78, 5) is 12.3. The molecule has 1 aliphatic rings. The van der Waals surface area contributed by atoms with Gasteiger partial charge in [0, 0.05) is 13.1 Å². The monoisotopic (exact) mass is 456 g/mol. The minimum atomic E-state index is -0.331. The van der Waals surface area contributed by atoms with E-state index in [1.54, 1.807) is 18.2 Å². The van der Waals surface area contributed by atoms with Crippen LogP contribution in [0.1, 0.15) is 11.4 Å². The molecule has 0 fully saturated rings. The zero-order valence-electron chi connectivity index (χ0n) is 17.1. The Hall–Kier alpha value is -3.53. The first-order valence-electron chi connectivity index (χ1n) is 9.82. The molecule has 1 aliphatic heterocycles. The van der Waals surface area contributed by atoms with E-state index in [9.17, 15) is 9.18 Å². The number of hydrogen-bond donors (Lipinski definition) is 1. The van der Waals surface area contributed by atoms with Crippen LogP contribution in [0.4, 0.5) is 4.39 Å². The lowest BCUT2D eigenvalue weighted by atomic mass is 10.2. The number of hydrogen-bond acceptors (Lipinski definition) is 7. The van der Waals surface area contributed by atoms with Crippen LogP contribution in [0.5, 0.6) is 17.2 Å². The van der Waals surface area contributed by atoms with E-state index in [4.69, 9.17) is 14.2 Å². The predicted octanol–water partition coefficient (Wildman–Crippen LogP) is 3.32. The second kappa shape index (κ2) is 10.2. The highest BCUT2D eigenvalue weighted by Gasteiger charge is 2.15. The lowest BCUT2D eigenvalue weighted by Crippen LogP contribution is -2.24. The minimum Gasteiger partial charge on any atom is -0.486 e. The van der Waals surface area contributed by atoms with Crippen LogP contribution in [-0.2, 0) is 24.5 Å². The Balaban J connectivity index is 1.30. The highest BCUT2D eigenvalue weighted by atomic mass is 32.2. The summed E-state index contributed by atoms with van der Waals surface area (Å²) in [7, 11) is 0. The lowest BCUT2D eigenvalue weighted by Gasteiger charge is -2.09. The van der Waals surface area contributed by atoms with Crippen molar-refractivity contribution in [2.24, 2.45) is 0 Å². The molecule has 1 N–H and O–H groups in total. The number of allylic oxidation sites excluding steroid dienone is 1. The van der Waals surface area contributed by atoms with Gasteiger partial charge in [-0.05, 0) is 42.0 Å². The fraction of sp³-hybridized carbons (Fsp3) is 0.227. The summed E-state index contributed by atoms with van der Waals surface area (Å²) in [5, 5.41) is 11.8. The van der Waals surface area contributed by atoms with Crippen LogP contribution in [0.25, 0.3) is 0 Å². The molecule has 0 unspecified atom stereocenters. The number of ether oxygens (including phenoxy) is 3. The quantitative estimate of drug-likeness (QED) is 0.370.